The van der Waals surface area contributed by atoms with Gasteiger partial charge in [0.1, 0.15) is 0 Å². The van der Waals surface area contributed by atoms with Crippen LogP contribution in [0.25, 0.3) is 10.2 Å². The van der Waals surface area contributed by atoms with Gasteiger partial charge in [-0.3, -0.25) is 9.36 Å². The van der Waals surface area contributed by atoms with Crippen LogP contribution in [0.5, 0.6) is 0 Å². The van der Waals surface area contributed by atoms with Gasteiger partial charge in [0.15, 0.2) is 0 Å². The molecule has 0 unspecified atom stereocenters. The van der Waals surface area contributed by atoms with Crippen molar-refractivity contribution in [2.24, 2.45) is 5.92 Å². The number of ether oxygens (including phenoxy) is 1. The van der Waals surface area contributed by atoms with E-state index in [1.807, 2.05) is 25.1 Å². The number of anilines is 2. The standard InChI is InChI=1S/C23H22ClN5O4S/c1-13(20(30)33-3)11-29-22(31)27-21(26-17-8-9-18-19(10-17)34-14(2)25-18)28(23(29)32)12-15-4-6-16(24)7-5-15/h4-10,13H,11-12H2,1-3H3,(H,26,27,31)/t13-/m0/s1. The van der Waals surface area contributed by atoms with Gasteiger partial charge in [-0.15, -0.1) is 11.3 Å². The van der Waals surface area contributed by atoms with Crippen LogP contribution in [0.3, 0.4) is 0 Å². The topological polar surface area (TPSA) is 108 Å². The van der Waals surface area contributed by atoms with Crippen LogP contribution in [0.4, 0.5) is 11.6 Å². The minimum Gasteiger partial charge on any atom is -0.469 e. The maximum Gasteiger partial charge on any atom is 0.354 e. The number of aryl methyl sites for hydroxylation is 1. The summed E-state index contributed by atoms with van der Waals surface area (Å²) >= 11 is 7.54. The minimum absolute atomic E-state index is 0.0903. The Morgan fingerprint density at radius 3 is 2.59 bits per heavy atom. The molecule has 0 aliphatic heterocycles. The maximum atomic E-state index is 13.4. The second-order valence-corrected chi connectivity index (χ2v) is 9.46. The van der Waals surface area contributed by atoms with Crippen molar-refractivity contribution in [3.8, 4) is 0 Å². The van der Waals surface area contributed by atoms with E-state index in [0.717, 1.165) is 25.4 Å². The Morgan fingerprint density at radius 1 is 1.15 bits per heavy atom. The second-order valence-electron chi connectivity index (χ2n) is 7.79. The lowest BCUT2D eigenvalue weighted by Crippen LogP contribution is -2.44. The van der Waals surface area contributed by atoms with Gasteiger partial charge in [0.2, 0.25) is 5.95 Å². The third kappa shape index (κ3) is 5.02. The first-order valence-electron chi connectivity index (χ1n) is 10.4. The quantitative estimate of drug-likeness (QED) is 0.387. The predicted octanol–water partition coefficient (Wildman–Crippen LogP) is 3.58. The van der Waals surface area contributed by atoms with Gasteiger partial charge in [0.25, 0.3) is 0 Å². The van der Waals surface area contributed by atoms with E-state index in [1.54, 1.807) is 42.5 Å². The molecule has 176 valence electrons. The van der Waals surface area contributed by atoms with Crippen LogP contribution in [-0.4, -0.2) is 32.2 Å². The van der Waals surface area contributed by atoms with E-state index >= 15 is 0 Å². The van der Waals surface area contributed by atoms with Gasteiger partial charge < -0.3 is 10.1 Å². The molecule has 0 radical (unpaired) electrons. The van der Waals surface area contributed by atoms with Crippen molar-refractivity contribution in [2.75, 3.05) is 12.4 Å². The number of carbonyl (C=O) groups is 1. The average molecular weight is 500 g/mol. The molecular formula is C23H22ClN5O4S. The molecule has 4 aromatic rings. The zero-order valence-electron chi connectivity index (χ0n) is 18.7. The van der Waals surface area contributed by atoms with Crippen LogP contribution in [0, 0.1) is 12.8 Å². The van der Waals surface area contributed by atoms with E-state index in [4.69, 9.17) is 16.3 Å². The number of nitrogens with one attached hydrogen (secondary N) is 1. The number of carbonyl (C=O) groups excluding carboxylic acids is 1. The van der Waals surface area contributed by atoms with Gasteiger partial charge in [-0.05, 0) is 42.8 Å². The van der Waals surface area contributed by atoms with Gasteiger partial charge in [-0.25, -0.2) is 19.1 Å². The number of benzene rings is 2. The molecule has 1 atom stereocenters. The SMILES string of the molecule is COC(=O)[C@@H](C)Cn1c(=O)nc(Nc2ccc3nc(C)sc3c2)n(Cc2ccc(Cl)cc2)c1=O. The molecule has 34 heavy (non-hydrogen) atoms. The van der Waals surface area contributed by atoms with Crippen molar-refractivity contribution < 1.29 is 9.53 Å². The molecule has 9 nitrogen and oxygen atoms in total. The lowest BCUT2D eigenvalue weighted by molar-refractivity contribution is -0.145. The maximum absolute atomic E-state index is 13.4. The molecular weight excluding hydrogens is 478 g/mol. The highest BCUT2D eigenvalue weighted by atomic mass is 35.5. The predicted molar refractivity (Wildman–Crippen MR) is 132 cm³/mol. The lowest BCUT2D eigenvalue weighted by atomic mass is 10.2. The van der Waals surface area contributed by atoms with Gasteiger partial charge in [-0.2, -0.15) is 4.98 Å². The van der Waals surface area contributed by atoms with Crippen molar-refractivity contribution in [3.63, 3.8) is 0 Å². The summed E-state index contributed by atoms with van der Waals surface area (Å²) in [7, 11) is 1.26. The Balaban J connectivity index is 1.78. The van der Waals surface area contributed by atoms with Crippen molar-refractivity contribution in [2.45, 2.75) is 26.9 Å². The number of hydrogen-bond acceptors (Lipinski definition) is 8. The molecule has 0 amide bonds. The molecule has 2 heterocycles. The Kier molecular flexibility index (Phi) is 6.80. The fraction of sp³-hybridized carbons (Fsp3) is 0.261. The normalized spacial score (nSPS) is 12.0. The molecule has 0 aliphatic rings. The Bertz CT molecular complexity index is 1480. The Labute approximate surface area is 203 Å². The first kappa shape index (κ1) is 23.7. The van der Waals surface area contributed by atoms with Crippen LogP contribution in [0.1, 0.15) is 17.5 Å². The van der Waals surface area contributed by atoms with Crippen LogP contribution in [0.2, 0.25) is 5.02 Å². The number of hydrogen-bond donors (Lipinski definition) is 1. The summed E-state index contributed by atoms with van der Waals surface area (Å²) in [4.78, 5) is 46.6. The second kappa shape index (κ2) is 9.78. The van der Waals surface area contributed by atoms with E-state index < -0.39 is 23.3 Å². The number of rotatable bonds is 7. The first-order valence-corrected chi connectivity index (χ1v) is 11.6. The minimum atomic E-state index is -0.759. The van der Waals surface area contributed by atoms with Gasteiger partial charge >= 0.3 is 17.3 Å². The van der Waals surface area contributed by atoms with Crippen LogP contribution < -0.4 is 16.7 Å². The fourth-order valence-electron chi connectivity index (χ4n) is 3.49. The van der Waals surface area contributed by atoms with Crippen molar-refractivity contribution >= 4 is 50.8 Å². The van der Waals surface area contributed by atoms with Crippen LogP contribution in [0.15, 0.2) is 52.1 Å². The summed E-state index contributed by atoms with van der Waals surface area (Å²) in [6.45, 7) is 3.50. The molecule has 0 aliphatic carbocycles. The number of esters is 1. The molecule has 0 spiro atoms. The average Bonchev–Trinajstić information content (AvgIpc) is 3.19. The van der Waals surface area contributed by atoms with E-state index in [9.17, 15) is 14.4 Å². The largest absolute Gasteiger partial charge is 0.469 e. The van der Waals surface area contributed by atoms with Crippen molar-refractivity contribution in [1.82, 2.24) is 19.1 Å². The molecule has 0 bridgehead atoms. The summed E-state index contributed by atoms with van der Waals surface area (Å²) in [5.41, 5.74) is 0.962. The Morgan fingerprint density at radius 2 is 1.88 bits per heavy atom. The molecule has 2 aromatic heterocycles. The molecule has 0 saturated heterocycles. The summed E-state index contributed by atoms with van der Waals surface area (Å²) < 4.78 is 8.00. The number of aromatic nitrogens is 4. The summed E-state index contributed by atoms with van der Waals surface area (Å²) in [6.07, 6.45) is 0. The molecule has 11 heteroatoms. The number of fused-ring (bicyclic) bond motifs is 1. The van der Waals surface area contributed by atoms with E-state index in [1.165, 1.54) is 11.7 Å². The van der Waals surface area contributed by atoms with Crippen molar-refractivity contribution in [3.05, 3.63) is 79.0 Å². The Hall–Kier alpha value is -3.50. The zero-order chi connectivity index (χ0) is 24.4. The number of nitrogens with zero attached hydrogens (tertiary/aromatic N) is 4. The third-order valence-electron chi connectivity index (χ3n) is 5.22. The highest BCUT2D eigenvalue weighted by Crippen LogP contribution is 2.26. The summed E-state index contributed by atoms with van der Waals surface area (Å²) in [5.74, 6) is -1.13. The zero-order valence-corrected chi connectivity index (χ0v) is 20.3. The molecule has 2 aromatic carbocycles. The highest BCUT2D eigenvalue weighted by Gasteiger charge is 2.20. The number of methoxy groups -OCH3 is 1. The van der Waals surface area contributed by atoms with Gasteiger partial charge in [0, 0.05) is 17.3 Å². The number of halogens is 1. The van der Waals surface area contributed by atoms with Gasteiger partial charge in [-0.1, -0.05) is 30.7 Å². The summed E-state index contributed by atoms with van der Waals surface area (Å²) in [5, 5.41) is 4.61. The van der Waals surface area contributed by atoms with Crippen LogP contribution in [-0.2, 0) is 22.6 Å². The summed E-state index contributed by atoms with van der Waals surface area (Å²) in [6, 6.07) is 12.6. The van der Waals surface area contributed by atoms with E-state index in [2.05, 4.69) is 15.3 Å². The smallest absolute Gasteiger partial charge is 0.354 e. The lowest BCUT2D eigenvalue weighted by Gasteiger charge is -2.17. The monoisotopic (exact) mass is 499 g/mol. The molecule has 4 rings (SSSR count). The first-order chi connectivity index (χ1) is 16.2. The molecule has 0 fully saturated rings. The van der Waals surface area contributed by atoms with Gasteiger partial charge in [0.05, 0.1) is 34.8 Å². The molecule has 0 saturated carbocycles. The fourth-order valence-corrected chi connectivity index (χ4v) is 4.48. The third-order valence-corrected chi connectivity index (χ3v) is 6.40. The number of thiazole rings is 1. The van der Waals surface area contributed by atoms with Crippen molar-refractivity contribution in [1.29, 1.82) is 0 Å². The van der Waals surface area contributed by atoms with Crippen LogP contribution >= 0.6 is 22.9 Å². The highest BCUT2D eigenvalue weighted by molar-refractivity contribution is 7.18. The molecule has 1 N–H and O–H groups in total. The van der Waals surface area contributed by atoms with E-state index in [0.29, 0.717) is 10.7 Å². The van der Waals surface area contributed by atoms with E-state index in [-0.39, 0.29) is 19.0 Å².